The predicted molar refractivity (Wildman–Crippen MR) is 116 cm³/mol. The molecule has 1 unspecified atom stereocenters. The van der Waals surface area contributed by atoms with Gasteiger partial charge in [-0.3, -0.25) is 0 Å². The molecule has 0 aliphatic heterocycles. The van der Waals surface area contributed by atoms with Crippen LogP contribution in [0.4, 0.5) is 0 Å². The van der Waals surface area contributed by atoms with Gasteiger partial charge in [0.1, 0.15) is 18.0 Å². The molecule has 3 N–H and O–H groups in total. The molecule has 0 saturated carbocycles. The fourth-order valence-corrected chi connectivity index (χ4v) is 2.97. The molecule has 0 bridgehead atoms. The Morgan fingerprint density at radius 1 is 1.38 bits per heavy atom. The number of rotatable bonds is 10. The van der Waals surface area contributed by atoms with Crippen molar-refractivity contribution in [1.29, 1.82) is 0 Å². The lowest BCUT2D eigenvalue weighted by atomic mass is 10.00. The van der Waals surface area contributed by atoms with Gasteiger partial charge in [0.2, 0.25) is 0 Å². The molecule has 2 rings (SSSR count). The van der Waals surface area contributed by atoms with Gasteiger partial charge in [-0.15, -0.1) is 24.0 Å². The van der Waals surface area contributed by atoms with Crippen molar-refractivity contribution in [1.82, 2.24) is 10.6 Å². The number of nitrogens with one attached hydrogen (secondary N) is 2. The van der Waals surface area contributed by atoms with Crippen LogP contribution in [-0.4, -0.2) is 37.3 Å². The van der Waals surface area contributed by atoms with E-state index in [0.717, 1.165) is 30.8 Å². The van der Waals surface area contributed by atoms with Crippen LogP contribution in [0, 0.1) is 0 Å². The molecule has 0 spiro atoms. The number of thiophene rings is 1. The maximum Gasteiger partial charge on any atom is 0.191 e. The van der Waals surface area contributed by atoms with Gasteiger partial charge in [-0.2, -0.15) is 11.3 Å². The smallest absolute Gasteiger partial charge is 0.191 e. The zero-order chi connectivity index (χ0) is 18.0. The van der Waals surface area contributed by atoms with Crippen molar-refractivity contribution in [2.24, 2.45) is 4.99 Å². The van der Waals surface area contributed by atoms with E-state index in [1.165, 1.54) is 0 Å². The second-order valence-corrected chi connectivity index (χ2v) is 6.67. The molecular weight excluding hydrogens is 465 g/mol. The summed E-state index contributed by atoms with van der Waals surface area (Å²) in [4.78, 5) is 4.49. The quantitative estimate of drug-likeness (QED) is 0.205. The minimum Gasteiger partial charge on any atom is -0.467 e. The number of furan rings is 1. The van der Waals surface area contributed by atoms with Crippen molar-refractivity contribution < 1.29 is 14.3 Å². The highest BCUT2D eigenvalue weighted by atomic mass is 127. The molecule has 0 radical (unpaired) electrons. The van der Waals surface area contributed by atoms with Gasteiger partial charge in [-0.25, -0.2) is 4.99 Å². The maximum atomic E-state index is 10.5. The van der Waals surface area contributed by atoms with Gasteiger partial charge in [-0.05, 0) is 54.8 Å². The van der Waals surface area contributed by atoms with E-state index in [0.29, 0.717) is 25.7 Å². The lowest BCUT2D eigenvalue weighted by Gasteiger charge is -2.21. The first-order valence-electron chi connectivity index (χ1n) is 8.49. The van der Waals surface area contributed by atoms with Gasteiger partial charge >= 0.3 is 0 Å². The van der Waals surface area contributed by atoms with Crippen molar-refractivity contribution in [2.75, 3.05) is 26.2 Å². The minimum absolute atomic E-state index is 0. The molecule has 6 nitrogen and oxygen atoms in total. The second kappa shape index (κ2) is 12.3. The van der Waals surface area contributed by atoms with Gasteiger partial charge < -0.3 is 24.9 Å². The summed E-state index contributed by atoms with van der Waals surface area (Å²) in [6.07, 6.45) is 2.50. The van der Waals surface area contributed by atoms with Crippen LogP contribution in [0.15, 0.2) is 44.6 Å². The third-order valence-electron chi connectivity index (χ3n) is 3.61. The Balaban J connectivity index is 0.00000338. The third-order valence-corrected chi connectivity index (χ3v) is 4.30. The first kappa shape index (κ1) is 22.9. The predicted octanol–water partition coefficient (Wildman–Crippen LogP) is 3.33. The molecule has 146 valence electrons. The zero-order valence-corrected chi connectivity index (χ0v) is 18.4. The topological polar surface area (TPSA) is 79.0 Å². The summed E-state index contributed by atoms with van der Waals surface area (Å²) >= 11 is 1.57. The highest BCUT2D eigenvalue weighted by Crippen LogP contribution is 2.23. The van der Waals surface area contributed by atoms with Crippen molar-refractivity contribution in [3.05, 3.63) is 46.5 Å². The molecule has 0 amide bonds. The fourth-order valence-electron chi connectivity index (χ4n) is 2.19. The Bertz CT molecular complexity index is 616. The van der Waals surface area contributed by atoms with E-state index in [-0.39, 0.29) is 24.0 Å². The lowest BCUT2D eigenvalue weighted by Crippen LogP contribution is -2.39. The minimum atomic E-state index is -0.964. The van der Waals surface area contributed by atoms with E-state index >= 15 is 0 Å². The Kier molecular flexibility index (Phi) is 10.9. The highest BCUT2D eigenvalue weighted by Gasteiger charge is 2.23. The van der Waals surface area contributed by atoms with Crippen LogP contribution >= 0.6 is 35.3 Å². The average Bonchev–Trinajstić information content (AvgIpc) is 3.29. The van der Waals surface area contributed by atoms with Crippen LogP contribution in [0.25, 0.3) is 0 Å². The summed E-state index contributed by atoms with van der Waals surface area (Å²) in [6, 6.07) is 5.68. The number of nitrogens with zero attached hydrogens (tertiary/aromatic N) is 1. The van der Waals surface area contributed by atoms with E-state index < -0.39 is 5.60 Å². The van der Waals surface area contributed by atoms with Crippen molar-refractivity contribution in [3.8, 4) is 0 Å². The summed E-state index contributed by atoms with van der Waals surface area (Å²) in [5, 5.41) is 20.9. The van der Waals surface area contributed by atoms with Gasteiger partial charge in [0.15, 0.2) is 5.96 Å². The first-order valence-corrected chi connectivity index (χ1v) is 9.43. The van der Waals surface area contributed by atoms with Crippen molar-refractivity contribution in [2.45, 2.75) is 32.5 Å². The van der Waals surface area contributed by atoms with Gasteiger partial charge in [-0.1, -0.05) is 0 Å². The standard InChI is InChI=1S/C18H27N3O3S.HI/c1-3-19-17(21-14-18(2,22)15-7-11-25-13-15)20-8-5-9-23-12-16-6-4-10-24-16;/h4,6-7,10-11,13,22H,3,5,8-9,12,14H2,1-2H3,(H2,19,20,21);1H. The van der Waals surface area contributed by atoms with Crippen LogP contribution in [0.1, 0.15) is 31.6 Å². The normalized spacial score (nSPS) is 13.7. The molecule has 0 aliphatic rings. The summed E-state index contributed by atoms with van der Waals surface area (Å²) in [6.45, 7) is 6.73. The first-order chi connectivity index (χ1) is 12.1. The monoisotopic (exact) mass is 493 g/mol. The SMILES string of the molecule is CCNC(=NCC(C)(O)c1ccsc1)NCCCOCc1ccco1.I. The molecule has 8 heteroatoms. The Morgan fingerprint density at radius 3 is 2.88 bits per heavy atom. The molecule has 0 aromatic carbocycles. The third kappa shape index (κ3) is 8.07. The lowest BCUT2D eigenvalue weighted by molar-refractivity contribution is 0.0677. The molecule has 2 aromatic rings. The van der Waals surface area contributed by atoms with Crippen molar-refractivity contribution in [3.63, 3.8) is 0 Å². The van der Waals surface area contributed by atoms with E-state index in [4.69, 9.17) is 9.15 Å². The highest BCUT2D eigenvalue weighted by molar-refractivity contribution is 14.0. The number of hydrogen-bond acceptors (Lipinski definition) is 5. The molecule has 2 heterocycles. The van der Waals surface area contributed by atoms with Gasteiger partial charge in [0, 0.05) is 19.7 Å². The number of aliphatic imine (C=N–C) groups is 1. The molecule has 26 heavy (non-hydrogen) atoms. The van der Waals surface area contributed by atoms with Crippen LogP contribution in [0.3, 0.4) is 0 Å². The van der Waals surface area contributed by atoms with Crippen LogP contribution in [0.2, 0.25) is 0 Å². The van der Waals surface area contributed by atoms with E-state index in [9.17, 15) is 5.11 Å². The Morgan fingerprint density at radius 2 is 2.23 bits per heavy atom. The van der Waals surface area contributed by atoms with E-state index in [1.807, 2.05) is 35.9 Å². The average molecular weight is 493 g/mol. The van der Waals surface area contributed by atoms with Gasteiger partial charge in [0.25, 0.3) is 0 Å². The molecule has 0 fully saturated rings. The second-order valence-electron chi connectivity index (χ2n) is 5.89. The van der Waals surface area contributed by atoms with Gasteiger partial charge in [0.05, 0.1) is 12.8 Å². The summed E-state index contributed by atoms with van der Waals surface area (Å²) in [5.41, 5.74) is -0.0717. The van der Waals surface area contributed by atoms with E-state index in [1.54, 1.807) is 24.5 Å². The van der Waals surface area contributed by atoms with Crippen LogP contribution in [0.5, 0.6) is 0 Å². The number of halogens is 1. The van der Waals surface area contributed by atoms with Crippen LogP contribution in [-0.2, 0) is 16.9 Å². The summed E-state index contributed by atoms with van der Waals surface area (Å²) in [5.74, 6) is 1.53. The maximum absolute atomic E-state index is 10.5. The van der Waals surface area contributed by atoms with Crippen molar-refractivity contribution >= 4 is 41.3 Å². The molecule has 2 aromatic heterocycles. The molecule has 0 aliphatic carbocycles. The number of ether oxygens (including phenoxy) is 1. The zero-order valence-electron chi connectivity index (χ0n) is 15.2. The molecule has 0 saturated heterocycles. The number of guanidine groups is 1. The summed E-state index contributed by atoms with van der Waals surface area (Å²) in [7, 11) is 0. The number of aliphatic hydroxyl groups is 1. The Labute approximate surface area is 176 Å². The Hall–Kier alpha value is -1.10. The number of hydrogen-bond donors (Lipinski definition) is 3. The summed E-state index contributed by atoms with van der Waals surface area (Å²) < 4.78 is 10.8. The molecule has 1 atom stereocenters. The van der Waals surface area contributed by atoms with E-state index in [2.05, 4.69) is 15.6 Å². The molecular formula is C18H28IN3O3S. The fraction of sp³-hybridized carbons (Fsp3) is 0.500. The van der Waals surface area contributed by atoms with Crippen LogP contribution < -0.4 is 10.6 Å². The largest absolute Gasteiger partial charge is 0.467 e.